The van der Waals surface area contributed by atoms with Crippen LogP contribution in [0.15, 0.2) is 73.4 Å². The number of aliphatic hydroxyl groups is 1. The topological polar surface area (TPSA) is 80.8 Å². The van der Waals surface area contributed by atoms with Crippen LogP contribution in [0.5, 0.6) is 0 Å². The Balaban J connectivity index is 1.42. The first-order valence-electron chi connectivity index (χ1n) is 10.9. The number of benzene rings is 3. The second-order valence-corrected chi connectivity index (χ2v) is 9.22. The van der Waals surface area contributed by atoms with Crippen molar-refractivity contribution in [2.45, 2.75) is 25.2 Å². The van der Waals surface area contributed by atoms with Gasteiger partial charge in [0.05, 0.1) is 18.6 Å². The number of nitrogens with one attached hydrogen (secondary N) is 1. The highest BCUT2D eigenvalue weighted by Crippen LogP contribution is 2.30. The van der Waals surface area contributed by atoms with Crippen LogP contribution in [-0.2, 0) is 25.2 Å². The molecule has 0 fully saturated rings. The molecule has 2 heterocycles. The lowest BCUT2D eigenvalue weighted by molar-refractivity contribution is -0.00828. The number of anilines is 1. The van der Waals surface area contributed by atoms with Crippen molar-refractivity contribution < 1.29 is 13.9 Å². The SMILES string of the molecule is OC(Cn1cncn1)(Cn1cc2cc(NCc3c(Cl)cccc3Cl)ccc2n1)c1ccc(F)cc1F. The van der Waals surface area contributed by atoms with E-state index in [1.807, 2.05) is 18.2 Å². The van der Waals surface area contributed by atoms with Gasteiger partial charge in [-0.15, -0.1) is 0 Å². The molecule has 7 nitrogen and oxygen atoms in total. The molecular formula is C25H20Cl2F2N6O. The molecule has 0 bridgehead atoms. The highest BCUT2D eigenvalue weighted by molar-refractivity contribution is 6.36. The summed E-state index contributed by atoms with van der Waals surface area (Å²) in [7, 11) is 0. The largest absolute Gasteiger partial charge is 0.381 e. The van der Waals surface area contributed by atoms with Crippen molar-refractivity contribution in [3.05, 3.63) is 106 Å². The van der Waals surface area contributed by atoms with Gasteiger partial charge in [0, 0.05) is 51.1 Å². The summed E-state index contributed by atoms with van der Waals surface area (Å²) >= 11 is 12.5. The Kier molecular flexibility index (Phi) is 6.61. The fourth-order valence-corrected chi connectivity index (χ4v) is 4.63. The van der Waals surface area contributed by atoms with Crippen molar-refractivity contribution in [1.29, 1.82) is 0 Å². The van der Waals surface area contributed by atoms with E-state index in [-0.39, 0.29) is 18.7 Å². The van der Waals surface area contributed by atoms with E-state index in [1.54, 1.807) is 24.4 Å². The monoisotopic (exact) mass is 528 g/mol. The summed E-state index contributed by atoms with van der Waals surface area (Å²) in [6.07, 6.45) is 4.47. The summed E-state index contributed by atoms with van der Waals surface area (Å²) < 4.78 is 31.2. The Morgan fingerprint density at radius 3 is 2.47 bits per heavy atom. The van der Waals surface area contributed by atoms with Gasteiger partial charge in [-0.1, -0.05) is 35.3 Å². The fraction of sp³-hybridized carbons (Fsp3) is 0.160. The first kappa shape index (κ1) is 24.2. The third-order valence-corrected chi connectivity index (χ3v) is 6.54. The van der Waals surface area contributed by atoms with E-state index >= 15 is 0 Å². The van der Waals surface area contributed by atoms with E-state index < -0.39 is 17.2 Å². The van der Waals surface area contributed by atoms with Gasteiger partial charge >= 0.3 is 0 Å². The molecule has 1 atom stereocenters. The lowest BCUT2D eigenvalue weighted by atomic mass is 9.93. The van der Waals surface area contributed by atoms with Gasteiger partial charge in [0.1, 0.15) is 29.9 Å². The maximum Gasteiger partial charge on any atom is 0.137 e. The molecule has 0 saturated heterocycles. The molecule has 0 aliphatic carbocycles. The molecule has 2 aromatic heterocycles. The van der Waals surface area contributed by atoms with Gasteiger partial charge in [-0.25, -0.2) is 18.4 Å². The number of hydrogen-bond acceptors (Lipinski definition) is 5. The lowest BCUT2D eigenvalue weighted by Gasteiger charge is -2.28. The lowest BCUT2D eigenvalue weighted by Crippen LogP contribution is -2.37. The van der Waals surface area contributed by atoms with Crippen LogP contribution in [-0.4, -0.2) is 29.7 Å². The zero-order chi connectivity index (χ0) is 25.3. The predicted octanol–water partition coefficient (Wildman–Crippen LogP) is 5.41. The van der Waals surface area contributed by atoms with Crippen LogP contribution in [0.1, 0.15) is 11.1 Å². The minimum atomic E-state index is -1.78. The normalized spacial score (nSPS) is 13.1. The van der Waals surface area contributed by atoms with E-state index in [9.17, 15) is 13.9 Å². The van der Waals surface area contributed by atoms with Crippen LogP contribution in [0.3, 0.4) is 0 Å². The summed E-state index contributed by atoms with van der Waals surface area (Å²) in [5.41, 5.74) is 0.434. The second-order valence-electron chi connectivity index (χ2n) is 8.40. The summed E-state index contributed by atoms with van der Waals surface area (Å²) in [5.74, 6) is -1.60. The zero-order valence-corrected chi connectivity index (χ0v) is 20.3. The van der Waals surface area contributed by atoms with Gasteiger partial charge in [-0.3, -0.25) is 4.68 Å². The van der Waals surface area contributed by atoms with Crippen molar-refractivity contribution in [2.24, 2.45) is 0 Å². The average molecular weight is 529 g/mol. The molecule has 2 N–H and O–H groups in total. The van der Waals surface area contributed by atoms with Crippen molar-refractivity contribution in [1.82, 2.24) is 24.5 Å². The average Bonchev–Trinajstić information content (AvgIpc) is 3.47. The predicted molar refractivity (Wildman–Crippen MR) is 134 cm³/mol. The molecule has 36 heavy (non-hydrogen) atoms. The molecule has 0 aliphatic heterocycles. The summed E-state index contributed by atoms with van der Waals surface area (Å²) in [4.78, 5) is 3.88. The van der Waals surface area contributed by atoms with E-state index in [0.717, 1.165) is 28.8 Å². The molecule has 184 valence electrons. The van der Waals surface area contributed by atoms with Crippen LogP contribution in [0.2, 0.25) is 10.0 Å². The van der Waals surface area contributed by atoms with Gasteiger partial charge in [-0.05, 0) is 36.4 Å². The number of halogens is 4. The number of aromatic nitrogens is 5. The maximum absolute atomic E-state index is 14.7. The third kappa shape index (κ3) is 5.04. The van der Waals surface area contributed by atoms with Crippen LogP contribution in [0.25, 0.3) is 10.9 Å². The maximum atomic E-state index is 14.7. The van der Waals surface area contributed by atoms with Crippen LogP contribution < -0.4 is 5.32 Å². The Labute approximate surface area is 214 Å². The van der Waals surface area contributed by atoms with Gasteiger partial charge in [0.15, 0.2) is 0 Å². The van der Waals surface area contributed by atoms with Crippen molar-refractivity contribution in [3.8, 4) is 0 Å². The summed E-state index contributed by atoms with van der Waals surface area (Å²) in [6.45, 7) is 0.207. The highest BCUT2D eigenvalue weighted by Gasteiger charge is 2.34. The number of nitrogens with zero attached hydrogens (tertiary/aromatic N) is 5. The van der Waals surface area contributed by atoms with Gasteiger partial charge < -0.3 is 10.4 Å². The Hall–Kier alpha value is -3.53. The highest BCUT2D eigenvalue weighted by atomic mass is 35.5. The Bertz CT molecular complexity index is 1500. The summed E-state index contributed by atoms with van der Waals surface area (Å²) in [5, 5.41) is 25.4. The minimum Gasteiger partial charge on any atom is -0.381 e. The fourth-order valence-electron chi connectivity index (χ4n) is 4.10. The van der Waals surface area contributed by atoms with E-state index in [2.05, 4.69) is 20.5 Å². The molecule has 5 aromatic rings. The molecule has 1 unspecified atom stereocenters. The van der Waals surface area contributed by atoms with Gasteiger partial charge in [0.25, 0.3) is 0 Å². The molecule has 5 rings (SSSR count). The smallest absolute Gasteiger partial charge is 0.137 e. The van der Waals surface area contributed by atoms with E-state index in [1.165, 1.54) is 28.1 Å². The molecular weight excluding hydrogens is 509 g/mol. The minimum absolute atomic E-state index is 0.0714. The number of fused-ring (bicyclic) bond motifs is 1. The second kappa shape index (κ2) is 9.85. The number of hydrogen-bond donors (Lipinski definition) is 2. The molecule has 0 aliphatic rings. The van der Waals surface area contributed by atoms with Gasteiger partial charge in [0.2, 0.25) is 0 Å². The number of rotatable bonds is 8. The van der Waals surface area contributed by atoms with E-state index in [4.69, 9.17) is 23.2 Å². The Morgan fingerprint density at radius 2 is 1.75 bits per heavy atom. The van der Waals surface area contributed by atoms with Crippen molar-refractivity contribution >= 4 is 39.8 Å². The van der Waals surface area contributed by atoms with Crippen LogP contribution >= 0.6 is 23.2 Å². The third-order valence-electron chi connectivity index (χ3n) is 5.83. The first-order chi connectivity index (χ1) is 17.3. The molecule has 11 heteroatoms. The van der Waals surface area contributed by atoms with Crippen LogP contribution in [0, 0.1) is 11.6 Å². The quantitative estimate of drug-likeness (QED) is 0.281. The van der Waals surface area contributed by atoms with Crippen molar-refractivity contribution in [2.75, 3.05) is 5.32 Å². The van der Waals surface area contributed by atoms with E-state index in [0.29, 0.717) is 22.1 Å². The van der Waals surface area contributed by atoms with Gasteiger partial charge in [-0.2, -0.15) is 10.2 Å². The summed E-state index contributed by atoms with van der Waals surface area (Å²) in [6, 6.07) is 14.0. The molecule has 0 amide bonds. The molecule has 0 saturated carbocycles. The van der Waals surface area contributed by atoms with Crippen LogP contribution in [0.4, 0.5) is 14.5 Å². The standard InChI is InChI=1S/C25H20Cl2F2N6O/c26-21-2-1-3-22(27)19(21)10-31-18-5-7-24-16(8-18)11-34(33-24)12-25(36,13-35-15-30-14-32-35)20-6-4-17(28)9-23(20)29/h1-9,11,14-15,31,36H,10,12-13H2. The Morgan fingerprint density at radius 1 is 0.972 bits per heavy atom. The van der Waals surface area contributed by atoms with Crippen molar-refractivity contribution in [3.63, 3.8) is 0 Å². The molecule has 0 spiro atoms. The first-order valence-corrected chi connectivity index (χ1v) is 11.7. The zero-order valence-electron chi connectivity index (χ0n) is 18.7. The molecule has 0 radical (unpaired) electrons. The molecule has 3 aromatic carbocycles.